The van der Waals surface area contributed by atoms with Crippen molar-refractivity contribution in [2.75, 3.05) is 11.9 Å². The molecule has 0 radical (unpaired) electrons. The van der Waals surface area contributed by atoms with E-state index in [4.69, 9.17) is 32.5 Å². The quantitative estimate of drug-likeness (QED) is 0.286. The Kier molecular flexibility index (Phi) is 11.0. The van der Waals surface area contributed by atoms with Gasteiger partial charge in [-0.15, -0.1) is 11.3 Å². The summed E-state index contributed by atoms with van der Waals surface area (Å²) in [5.41, 5.74) is 0.387. The zero-order chi connectivity index (χ0) is 25.4. The molecule has 3 N–H and O–H groups in total. The highest BCUT2D eigenvalue weighted by Crippen LogP contribution is 2.40. The maximum atomic E-state index is 13.3. The molecule has 1 aliphatic carbocycles. The van der Waals surface area contributed by atoms with Gasteiger partial charge >= 0.3 is 0 Å². The Morgan fingerprint density at radius 1 is 1.31 bits per heavy atom. The number of aromatic nitrogens is 2. The molecule has 1 saturated carbocycles. The van der Waals surface area contributed by atoms with Gasteiger partial charge in [0.1, 0.15) is 16.5 Å². The molecule has 188 valence electrons. The number of anilines is 1. The van der Waals surface area contributed by atoms with Crippen molar-refractivity contribution in [3.8, 4) is 0 Å². The molecule has 0 spiro atoms. The van der Waals surface area contributed by atoms with Crippen molar-refractivity contribution in [2.45, 2.75) is 48.9 Å². The van der Waals surface area contributed by atoms with Gasteiger partial charge in [0.05, 0.1) is 17.0 Å². The van der Waals surface area contributed by atoms with Crippen LogP contribution in [0.3, 0.4) is 0 Å². The number of rotatable bonds is 9. The highest BCUT2D eigenvalue weighted by Gasteiger charge is 2.27. The molecule has 3 aromatic rings. The summed E-state index contributed by atoms with van der Waals surface area (Å²) in [7, 11) is 0. The Hall–Kier alpha value is -1.53. The number of halogens is 2. The maximum Gasteiger partial charge on any atom is 0.231 e. The average Bonchev–Trinajstić information content (AvgIpc) is 3.45. The molecule has 1 aliphatic rings. The van der Waals surface area contributed by atoms with Crippen LogP contribution in [0.5, 0.6) is 0 Å². The predicted molar refractivity (Wildman–Crippen MR) is 145 cm³/mol. The Bertz CT molecular complexity index is 1180. The number of nitrogens with zero attached hydrogens (tertiary/aromatic N) is 2. The van der Waals surface area contributed by atoms with E-state index in [9.17, 15) is 9.00 Å². The van der Waals surface area contributed by atoms with Crippen molar-refractivity contribution in [3.05, 3.63) is 62.7 Å². The van der Waals surface area contributed by atoms with Gasteiger partial charge in [-0.2, -0.15) is 0 Å². The van der Waals surface area contributed by atoms with E-state index in [1.807, 2.05) is 32.0 Å². The Morgan fingerprint density at radius 2 is 2.11 bits per heavy atom. The van der Waals surface area contributed by atoms with Crippen LogP contribution in [0.4, 0.5) is 5.82 Å². The zero-order valence-corrected chi connectivity index (χ0v) is 23.2. The fraction of sp³-hybridized carbons (Fsp3) is 0.348. The number of ketones is 1. The van der Waals surface area contributed by atoms with Crippen LogP contribution < -0.4 is 10.5 Å². The molecule has 12 heteroatoms. The average molecular weight is 574 g/mol. The Balaban J connectivity index is 0.00000167. The highest BCUT2D eigenvalue weighted by molar-refractivity contribution is 7.99. The van der Waals surface area contributed by atoms with E-state index in [1.54, 1.807) is 12.1 Å². The molecule has 7 nitrogen and oxygen atoms in total. The van der Waals surface area contributed by atoms with Crippen molar-refractivity contribution in [1.29, 1.82) is 0 Å². The van der Waals surface area contributed by atoms with Crippen molar-refractivity contribution < 1.29 is 13.2 Å². The number of carbonyl (C=O) groups is 1. The Labute approximate surface area is 226 Å². The number of benzene rings is 1. The molecule has 2 heterocycles. The molecule has 1 aromatic carbocycles. The topological polar surface area (TPSA) is 107 Å². The maximum absolute atomic E-state index is 13.3. The number of nitrogens with two attached hydrogens (primary N) is 1. The number of thiophene rings is 1. The van der Waals surface area contributed by atoms with E-state index in [0.717, 1.165) is 29.1 Å². The fourth-order valence-electron chi connectivity index (χ4n) is 3.65. The lowest BCUT2D eigenvalue weighted by Crippen LogP contribution is -2.20. The molecule has 1 fully saturated rings. The van der Waals surface area contributed by atoms with E-state index < -0.39 is 11.3 Å². The molecular formula is C23H26Cl2N4O3S3. The van der Waals surface area contributed by atoms with Gasteiger partial charge in [-0.1, -0.05) is 54.9 Å². The van der Waals surface area contributed by atoms with Crippen LogP contribution in [0.25, 0.3) is 0 Å². The lowest BCUT2D eigenvalue weighted by molar-refractivity contribution is 0.104. The molecule has 2 aromatic heterocycles. The van der Waals surface area contributed by atoms with Gasteiger partial charge in [0, 0.05) is 27.1 Å². The smallest absolute Gasteiger partial charge is 0.231 e. The van der Waals surface area contributed by atoms with Crippen molar-refractivity contribution in [3.63, 3.8) is 0 Å². The van der Waals surface area contributed by atoms with E-state index in [-0.39, 0.29) is 17.7 Å². The lowest BCUT2D eigenvalue weighted by Gasteiger charge is -2.15. The minimum atomic E-state index is -1.76. The molecule has 0 bridgehead atoms. The minimum Gasteiger partial charge on any atom is -0.367 e. The molecule has 0 saturated heterocycles. The van der Waals surface area contributed by atoms with Gasteiger partial charge < -0.3 is 5.32 Å². The SMILES string of the molecule is CC.NS(=O)OCC1CCC(Nc2ncncc2C(=O)c2cc(Sc3cccc(Cl)c3)c(Cl)s2)C1. The van der Waals surface area contributed by atoms with Crippen LogP contribution in [0.15, 0.2) is 52.6 Å². The first-order valence-corrected chi connectivity index (χ1v) is 14.5. The van der Waals surface area contributed by atoms with Gasteiger partial charge in [-0.3, -0.25) is 8.98 Å². The second-order valence-corrected chi connectivity index (χ2v) is 11.5. The van der Waals surface area contributed by atoms with Crippen molar-refractivity contribution in [1.82, 2.24) is 9.97 Å². The third-order valence-corrected chi connectivity index (χ3v) is 8.40. The molecule has 35 heavy (non-hydrogen) atoms. The number of hydrogen-bond donors (Lipinski definition) is 2. The Morgan fingerprint density at radius 3 is 2.86 bits per heavy atom. The van der Waals surface area contributed by atoms with Crippen LogP contribution >= 0.6 is 46.3 Å². The minimum absolute atomic E-state index is 0.118. The molecule has 4 rings (SSSR count). The number of nitrogens with one attached hydrogen (secondary N) is 1. The summed E-state index contributed by atoms with van der Waals surface area (Å²) in [5, 5.41) is 9.16. The summed E-state index contributed by atoms with van der Waals surface area (Å²) in [4.78, 5) is 23.9. The van der Waals surface area contributed by atoms with Crippen LogP contribution in [-0.2, 0) is 15.4 Å². The zero-order valence-electron chi connectivity index (χ0n) is 19.2. The summed E-state index contributed by atoms with van der Waals surface area (Å²) in [5.74, 6) is 0.537. The van der Waals surface area contributed by atoms with Crippen LogP contribution in [0, 0.1) is 5.92 Å². The largest absolute Gasteiger partial charge is 0.367 e. The monoisotopic (exact) mass is 572 g/mol. The second kappa shape index (κ2) is 13.7. The van der Waals surface area contributed by atoms with Gasteiger partial charge in [0.15, 0.2) is 0 Å². The molecule has 3 atom stereocenters. The first kappa shape index (κ1) is 28.0. The summed E-state index contributed by atoms with van der Waals surface area (Å²) < 4.78 is 16.5. The highest BCUT2D eigenvalue weighted by atomic mass is 35.5. The lowest BCUT2D eigenvalue weighted by atomic mass is 10.1. The summed E-state index contributed by atoms with van der Waals surface area (Å²) in [6.45, 7) is 4.34. The van der Waals surface area contributed by atoms with Crippen molar-refractivity contribution >= 4 is 69.2 Å². The van der Waals surface area contributed by atoms with E-state index in [2.05, 4.69) is 15.3 Å². The third-order valence-electron chi connectivity index (χ3n) is 5.16. The number of hydrogen-bond acceptors (Lipinski definition) is 8. The van der Waals surface area contributed by atoms with E-state index in [1.165, 1.54) is 35.6 Å². The van der Waals surface area contributed by atoms with Gasteiger partial charge in [0.2, 0.25) is 17.0 Å². The summed E-state index contributed by atoms with van der Waals surface area (Å²) in [6, 6.07) is 9.36. The fourth-order valence-corrected chi connectivity index (χ4v) is 6.55. The first-order valence-electron chi connectivity index (χ1n) is 11.0. The van der Waals surface area contributed by atoms with Crippen LogP contribution in [0.1, 0.15) is 48.3 Å². The first-order chi connectivity index (χ1) is 16.9. The van der Waals surface area contributed by atoms with Crippen LogP contribution in [-0.4, -0.2) is 32.6 Å². The van der Waals surface area contributed by atoms with Gasteiger partial charge in [0.25, 0.3) is 0 Å². The summed E-state index contributed by atoms with van der Waals surface area (Å²) in [6.07, 6.45) is 5.53. The molecule has 3 unspecified atom stereocenters. The predicted octanol–water partition coefficient (Wildman–Crippen LogP) is 6.39. The van der Waals surface area contributed by atoms with E-state index in [0.29, 0.717) is 32.2 Å². The standard InChI is InChI=1S/C21H20Cl2N4O3S3.C2H6/c22-13-2-1-3-15(7-13)31-18-8-17(32-20(18)23)19(28)16-9-25-11-26-21(16)27-14-5-4-12(6-14)10-30-33(24)29;1-2/h1-3,7-9,11-12,14H,4-6,10,24H2,(H,25,26,27);1-2H3. The molecular weight excluding hydrogens is 547 g/mol. The normalized spacial score (nSPS) is 18.0. The van der Waals surface area contributed by atoms with E-state index >= 15 is 0 Å². The second-order valence-electron chi connectivity index (χ2n) is 7.49. The van der Waals surface area contributed by atoms with Gasteiger partial charge in [-0.25, -0.2) is 19.3 Å². The van der Waals surface area contributed by atoms with Crippen molar-refractivity contribution in [2.24, 2.45) is 11.1 Å². The molecule has 0 aliphatic heterocycles. The van der Waals surface area contributed by atoms with Crippen LogP contribution in [0.2, 0.25) is 9.36 Å². The summed E-state index contributed by atoms with van der Waals surface area (Å²) >= 11 is 13.4. The third kappa shape index (κ3) is 7.98. The molecule has 0 amide bonds. The number of carbonyl (C=O) groups excluding carboxylic acids is 1. The van der Waals surface area contributed by atoms with Gasteiger partial charge in [-0.05, 0) is 49.4 Å².